The van der Waals surface area contributed by atoms with Crippen LogP contribution in [-0.4, -0.2) is 12.1 Å². The van der Waals surface area contributed by atoms with Crippen LogP contribution < -0.4 is 5.32 Å². The van der Waals surface area contributed by atoms with Crippen molar-refractivity contribution >= 4 is 21.6 Å². The number of ether oxygens (including phenoxy) is 1. The standard InChI is InChI=1S/C14H15BrN2O/c1-18-10-12-4-2-3-11(7-12)8-16-13-5-6-14(15)17-9-13/h2-7,9,16H,8,10H2,1H3. The molecule has 0 aliphatic carbocycles. The Bertz CT molecular complexity index is 499. The van der Waals surface area contributed by atoms with E-state index in [1.54, 1.807) is 7.11 Å². The van der Waals surface area contributed by atoms with Gasteiger partial charge in [0.2, 0.25) is 0 Å². The van der Waals surface area contributed by atoms with E-state index in [0.717, 1.165) is 16.8 Å². The number of methoxy groups -OCH3 is 1. The highest BCUT2D eigenvalue weighted by atomic mass is 79.9. The van der Waals surface area contributed by atoms with Crippen molar-refractivity contribution in [3.05, 3.63) is 58.3 Å². The summed E-state index contributed by atoms with van der Waals surface area (Å²) in [6.07, 6.45) is 1.81. The number of pyridine rings is 1. The van der Waals surface area contributed by atoms with Crippen LogP contribution in [0.3, 0.4) is 0 Å². The average Bonchev–Trinajstić information content (AvgIpc) is 2.39. The normalized spacial score (nSPS) is 10.3. The molecular formula is C14H15BrN2O. The molecule has 0 fully saturated rings. The van der Waals surface area contributed by atoms with Gasteiger partial charge in [0.25, 0.3) is 0 Å². The van der Waals surface area contributed by atoms with Crippen LogP contribution >= 0.6 is 15.9 Å². The second kappa shape index (κ2) is 6.52. The van der Waals surface area contributed by atoms with Crippen LogP contribution in [0.2, 0.25) is 0 Å². The minimum Gasteiger partial charge on any atom is -0.380 e. The van der Waals surface area contributed by atoms with Gasteiger partial charge in [0.1, 0.15) is 4.60 Å². The topological polar surface area (TPSA) is 34.1 Å². The van der Waals surface area contributed by atoms with E-state index in [4.69, 9.17) is 4.74 Å². The van der Waals surface area contributed by atoms with Gasteiger partial charge in [-0.1, -0.05) is 24.3 Å². The summed E-state index contributed by atoms with van der Waals surface area (Å²) < 4.78 is 5.97. The predicted molar refractivity (Wildman–Crippen MR) is 76.4 cm³/mol. The smallest absolute Gasteiger partial charge is 0.106 e. The predicted octanol–water partition coefficient (Wildman–Crippen LogP) is 3.60. The van der Waals surface area contributed by atoms with Gasteiger partial charge < -0.3 is 10.1 Å². The Balaban J connectivity index is 1.97. The molecule has 0 atom stereocenters. The number of hydrogen-bond donors (Lipinski definition) is 1. The van der Waals surface area contributed by atoms with Gasteiger partial charge in [0.05, 0.1) is 18.5 Å². The van der Waals surface area contributed by atoms with Crippen LogP contribution in [0, 0.1) is 0 Å². The maximum atomic E-state index is 5.12. The molecule has 0 radical (unpaired) electrons. The molecule has 0 unspecified atom stereocenters. The third-order valence-corrected chi connectivity index (χ3v) is 3.00. The van der Waals surface area contributed by atoms with Crippen molar-refractivity contribution in [3.8, 4) is 0 Å². The highest BCUT2D eigenvalue weighted by Gasteiger charge is 1.97. The Morgan fingerprint density at radius 2 is 2.06 bits per heavy atom. The largest absolute Gasteiger partial charge is 0.380 e. The molecule has 3 nitrogen and oxygen atoms in total. The van der Waals surface area contributed by atoms with E-state index in [2.05, 4.69) is 44.4 Å². The van der Waals surface area contributed by atoms with E-state index in [-0.39, 0.29) is 0 Å². The summed E-state index contributed by atoms with van der Waals surface area (Å²) in [6, 6.07) is 12.3. The van der Waals surface area contributed by atoms with Crippen LogP contribution in [0.4, 0.5) is 5.69 Å². The van der Waals surface area contributed by atoms with E-state index in [0.29, 0.717) is 6.61 Å². The van der Waals surface area contributed by atoms with Crippen molar-refractivity contribution in [1.82, 2.24) is 4.98 Å². The number of aromatic nitrogens is 1. The van der Waals surface area contributed by atoms with E-state index < -0.39 is 0 Å². The molecule has 0 amide bonds. The van der Waals surface area contributed by atoms with Gasteiger partial charge in [-0.15, -0.1) is 0 Å². The third kappa shape index (κ3) is 3.82. The Labute approximate surface area is 115 Å². The third-order valence-electron chi connectivity index (χ3n) is 2.53. The van der Waals surface area contributed by atoms with Gasteiger partial charge in [0, 0.05) is 13.7 Å². The second-order valence-electron chi connectivity index (χ2n) is 3.98. The first-order valence-corrected chi connectivity index (χ1v) is 6.49. The first-order valence-electron chi connectivity index (χ1n) is 5.70. The molecule has 2 aromatic rings. The van der Waals surface area contributed by atoms with E-state index in [1.165, 1.54) is 11.1 Å². The van der Waals surface area contributed by atoms with Gasteiger partial charge in [-0.3, -0.25) is 0 Å². The molecule has 94 valence electrons. The summed E-state index contributed by atoms with van der Waals surface area (Å²) in [4.78, 5) is 4.17. The zero-order chi connectivity index (χ0) is 12.8. The lowest BCUT2D eigenvalue weighted by Gasteiger charge is -2.07. The second-order valence-corrected chi connectivity index (χ2v) is 4.79. The fraction of sp³-hybridized carbons (Fsp3) is 0.214. The molecule has 1 aromatic heterocycles. The van der Waals surface area contributed by atoms with Crippen molar-refractivity contribution in [2.75, 3.05) is 12.4 Å². The van der Waals surface area contributed by atoms with Gasteiger partial charge in [-0.2, -0.15) is 0 Å². The lowest BCUT2D eigenvalue weighted by molar-refractivity contribution is 0.185. The van der Waals surface area contributed by atoms with Crippen LogP contribution in [0.15, 0.2) is 47.2 Å². The van der Waals surface area contributed by atoms with Crippen molar-refractivity contribution in [2.45, 2.75) is 13.2 Å². The molecule has 4 heteroatoms. The minimum absolute atomic E-state index is 0.647. The van der Waals surface area contributed by atoms with E-state index in [1.807, 2.05) is 24.4 Å². The highest BCUT2D eigenvalue weighted by molar-refractivity contribution is 9.10. The molecule has 0 aliphatic rings. The molecule has 1 aromatic carbocycles. The summed E-state index contributed by atoms with van der Waals surface area (Å²) in [5, 5.41) is 3.33. The monoisotopic (exact) mass is 306 g/mol. The summed E-state index contributed by atoms with van der Waals surface area (Å²) in [5.74, 6) is 0. The summed E-state index contributed by atoms with van der Waals surface area (Å²) in [6.45, 7) is 1.43. The maximum absolute atomic E-state index is 5.12. The van der Waals surface area contributed by atoms with Crippen molar-refractivity contribution < 1.29 is 4.74 Å². The Morgan fingerprint density at radius 3 is 2.78 bits per heavy atom. The summed E-state index contributed by atoms with van der Waals surface area (Å²) >= 11 is 3.32. The SMILES string of the molecule is COCc1cccc(CNc2ccc(Br)nc2)c1. The van der Waals surface area contributed by atoms with Crippen molar-refractivity contribution in [3.63, 3.8) is 0 Å². The van der Waals surface area contributed by atoms with E-state index in [9.17, 15) is 0 Å². The number of anilines is 1. The molecule has 1 heterocycles. The van der Waals surface area contributed by atoms with E-state index >= 15 is 0 Å². The van der Waals surface area contributed by atoms with Crippen molar-refractivity contribution in [1.29, 1.82) is 0 Å². The van der Waals surface area contributed by atoms with Gasteiger partial charge in [-0.25, -0.2) is 4.98 Å². The van der Waals surface area contributed by atoms with Crippen LogP contribution in [-0.2, 0) is 17.9 Å². The zero-order valence-corrected chi connectivity index (χ0v) is 11.8. The molecular weight excluding hydrogens is 292 g/mol. The molecule has 0 saturated heterocycles. The van der Waals surface area contributed by atoms with Gasteiger partial charge in [0.15, 0.2) is 0 Å². The first-order chi connectivity index (χ1) is 8.78. The Kier molecular flexibility index (Phi) is 4.73. The number of nitrogens with zero attached hydrogens (tertiary/aromatic N) is 1. The number of benzene rings is 1. The fourth-order valence-electron chi connectivity index (χ4n) is 1.68. The average molecular weight is 307 g/mol. The quantitative estimate of drug-likeness (QED) is 0.857. The number of hydrogen-bond acceptors (Lipinski definition) is 3. The number of rotatable bonds is 5. The highest BCUT2D eigenvalue weighted by Crippen LogP contribution is 2.12. The number of nitrogens with one attached hydrogen (secondary N) is 1. The molecule has 0 saturated carbocycles. The maximum Gasteiger partial charge on any atom is 0.106 e. The molecule has 0 aliphatic heterocycles. The molecule has 18 heavy (non-hydrogen) atoms. The lowest BCUT2D eigenvalue weighted by Crippen LogP contribution is -2.00. The molecule has 2 rings (SSSR count). The van der Waals surface area contributed by atoms with Crippen LogP contribution in [0.25, 0.3) is 0 Å². The molecule has 0 spiro atoms. The fourth-order valence-corrected chi connectivity index (χ4v) is 1.92. The minimum atomic E-state index is 0.647. The van der Waals surface area contributed by atoms with Crippen LogP contribution in [0.5, 0.6) is 0 Å². The zero-order valence-electron chi connectivity index (χ0n) is 10.2. The van der Waals surface area contributed by atoms with Gasteiger partial charge in [-0.05, 0) is 39.2 Å². The Hall–Kier alpha value is -1.39. The molecule has 1 N–H and O–H groups in total. The molecule has 0 bridgehead atoms. The number of halogens is 1. The lowest BCUT2D eigenvalue weighted by atomic mass is 10.1. The summed E-state index contributed by atoms with van der Waals surface area (Å²) in [5.41, 5.74) is 3.42. The van der Waals surface area contributed by atoms with Gasteiger partial charge >= 0.3 is 0 Å². The summed E-state index contributed by atoms with van der Waals surface area (Å²) in [7, 11) is 1.71. The first kappa shape index (κ1) is 13.1. The Morgan fingerprint density at radius 1 is 1.22 bits per heavy atom. The van der Waals surface area contributed by atoms with Crippen LogP contribution in [0.1, 0.15) is 11.1 Å². The van der Waals surface area contributed by atoms with Crippen molar-refractivity contribution in [2.24, 2.45) is 0 Å².